The molecule has 0 bridgehead atoms. The van der Waals surface area contributed by atoms with E-state index >= 15 is 0 Å². The van der Waals surface area contributed by atoms with Gasteiger partial charge in [0.2, 0.25) is 0 Å². The van der Waals surface area contributed by atoms with Gasteiger partial charge >= 0.3 is 0 Å². The average molecular weight is 678 g/mol. The molecular formula is C52H39N. The largest absolute Gasteiger partial charge is 0.309 e. The molecule has 1 aromatic heterocycles. The Morgan fingerprint density at radius 3 is 1.68 bits per heavy atom. The van der Waals surface area contributed by atoms with E-state index in [1.807, 2.05) is 0 Å². The summed E-state index contributed by atoms with van der Waals surface area (Å²) in [4.78, 5) is 0. The van der Waals surface area contributed by atoms with E-state index in [2.05, 4.69) is 219 Å². The predicted octanol–water partition coefficient (Wildman–Crippen LogP) is 13.1. The first-order valence-corrected chi connectivity index (χ1v) is 18.6. The van der Waals surface area contributed by atoms with Crippen molar-refractivity contribution in [3.63, 3.8) is 0 Å². The van der Waals surface area contributed by atoms with Crippen molar-refractivity contribution in [2.75, 3.05) is 0 Å². The van der Waals surface area contributed by atoms with Crippen LogP contribution in [0, 0.1) is 0 Å². The molecule has 1 nitrogen and oxygen atoms in total. The molecule has 10 rings (SSSR count). The SMILES string of the molecule is CC1(C)c2ccccc2-c2cc(C(c3ccccc3)(c3ccc(-c4ccccc4)cc3)c3ccc4c5ccccc5n(-c5ccccc5)c4c3)ccc21. The van der Waals surface area contributed by atoms with E-state index in [1.54, 1.807) is 0 Å². The van der Waals surface area contributed by atoms with Crippen molar-refractivity contribution in [3.8, 4) is 27.9 Å². The topological polar surface area (TPSA) is 4.93 Å². The first-order valence-electron chi connectivity index (χ1n) is 18.6. The van der Waals surface area contributed by atoms with Crippen molar-refractivity contribution in [1.82, 2.24) is 4.57 Å². The van der Waals surface area contributed by atoms with Crippen LogP contribution in [-0.4, -0.2) is 4.57 Å². The van der Waals surface area contributed by atoms with Crippen molar-refractivity contribution >= 4 is 21.8 Å². The summed E-state index contributed by atoms with van der Waals surface area (Å²) in [6, 6.07) is 74.2. The number of rotatable bonds is 6. The molecule has 0 N–H and O–H groups in total. The van der Waals surface area contributed by atoms with Gasteiger partial charge in [0.05, 0.1) is 16.4 Å². The van der Waals surface area contributed by atoms with Gasteiger partial charge in [-0.2, -0.15) is 0 Å². The van der Waals surface area contributed by atoms with Crippen LogP contribution >= 0.6 is 0 Å². The molecule has 9 aromatic rings. The van der Waals surface area contributed by atoms with Crippen molar-refractivity contribution in [1.29, 1.82) is 0 Å². The Labute approximate surface area is 311 Å². The molecule has 0 saturated heterocycles. The van der Waals surface area contributed by atoms with Crippen LogP contribution in [0.15, 0.2) is 200 Å². The number of benzene rings is 8. The van der Waals surface area contributed by atoms with E-state index in [1.165, 1.54) is 77.4 Å². The first kappa shape index (κ1) is 31.3. The van der Waals surface area contributed by atoms with E-state index in [9.17, 15) is 0 Å². The molecule has 1 heteroatoms. The average Bonchev–Trinajstić information content (AvgIpc) is 3.67. The van der Waals surface area contributed by atoms with Crippen LogP contribution < -0.4 is 0 Å². The number of para-hydroxylation sites is 2. The summed E-state index contributed by atoms with van der Waals surface area (Å²) in [5.74, 6) is 0. The van der Waals surface area contributed by atoms with Crippen molar-refractivity contribution in [2.24, 2.45) is 0 Å². The molecule has 1 aliphatic rings. The lowest BCUT2D eigenvalue weighted by atomic mass is 9.64. The lowest BCUT2D eigenvalue weighted by Gasteiger charge is -2.37. The van der Waals surface area contributed by atoms with Gasteiger partial charge in [-0.05, 0) is 86.0 Å². The van der Waals surface area contributed by atoms with Gasteiger partial charge in [0.25, 0.3) is 0 Å². The van der Waals surface area contributed by atoms with Gasteiger partial charge < -0.3 is 4.57 Å². The van der Waals surface area contributed by atoms with Crippen LogP contribution in [0.1, 0.15) is 47.2 Å². The Bertz CT molecular complexity index is 2770. The summed E-state index contributed by atoms with van der Waals surface area (Å²) >= 11 is 0. The first-order chi connectivity index (χ1) is 26.0. The monoisotopic (exact) mass is 677 g/mol. The molecule has 1 unspecified atom stereocenters. The zero-order chi connectivity index (χ0) is 35.6. The highest BCUT2D eigenvalue weighted by atomic mass is 15.0. The van der Waals surface area contributed by atoms with Gasteiger partial charge in [0, 0.05) is 21.9 Å². The Morgan fingerprint density at radius 2 is 0.906 bits per heavy atom. The fourth-order valence-electron chi connectivity index (χ4n) is 9.24. The Hall–Kier alpha value is -6.44. The van der Waals surface area contributed by atoms with Gasteiger partial charge in [-0.3, -0.25) is 0 Å². The van der Waals surface area contributed by atoms with E-state index in [0.717, 1.165) is 5.69 Å². The highest BCUT2D eigenvalue weighted by molar-refractivity contribution is 6.09. The lowest BCUT2D eigenvalue weighted by molar-refractivity contribution is 0.659. The summed E-state index contributed by atoms with van der Waals surface area (Å²) in [5.41, 5.74) is 15.7. The summed E-state index contributed by atoms with van der Waals surface area (Å²) in [7, 11) is 0. The van der Waals surface area contributed by atoms with Gasteiger partial charge in [0.15, 0.2) is 0 Å². The maximum atomic E-state index is 2.50. The minimum absolute atomic E-state index is 0.0767. The molecule has 0 amide bonds. The third kappa shape index (κ3) is 4.70. The fraction of sp³-hybridized carbons (Fsp3) is 0.0769. The molecule has 8 aromatic carbocycles. The molecule has 53 heavy (non-hydrogen) atoms. The zero-order valence-electron chi connectivity index (χ0n) is 30.0. The molecule has 1 atom stereocenters. The Kier molecular flexibility index (Phi) is 7.13. The smallest absolute Gasteiger partial charge is 0.0702 e. The van der Waals surface area contributed by atoms with E-state index in [-0.39, 0.29) is 5.41 Å². The van der Waals surface area contributed by atoms with Crippen molar-refractivity contribution in [3.05, 3.63) is 234 Å². The molecule has 1 aliphatic carbocycles. The maximum Gasteiger partial charge on any atom is 0.0702 e. The molecule has 0 spiro atoms. The van der Waals surface area contributed by atoms with Crippen LogP contribution in [0.3, 0.4) is 0 Å². The highest BCUT2D eigenvalue weighted by Crippen LogP contribution is 2.53. The second-order valence-electron chi connectivity index (χ2n) is 14.9. The van der Waals surface area contributed by atoms with Gasteiger partial charge in [-0.15, -0.1) is 0 Å². The van der Waals surface area contributed by atoms with Gasteiger partial charge in [-0.25, -0.2) is 0 Å². The van der Waals surface area contributed by atoms with Gasteiger partial charge in [0.1, 0.15) is 0 Å². The van der Waals surface area contributed by atoms with Crippen LogP contribution in [0.25, 0.3) is 49.7 Å². The normalized spacial score (nSPS) is 14.2. The summed E-state index contributed by atoms with van der Waals surface area (Å²) in [6.45, 7) is 4.72. The maximum absolute atomic E-state index is 2.50. The highest BCUT2D eigenvalue weighted by Gasteiger charge is 2.42. The molecular weight excluding hydrogens is 639 g/mol. The van der Waals surface area contributed by atoms with E-state index in [4.69, 9.17) is 0 Å². The third-order valence-electron chi connectivity index (χ3n) is 11.8. The van der Waals surface area contributed by atoms with Crippen LogP contribution in [0.4, 0.5) is 0 Å². The zero-order valence-corrected chi connectivity index (χ0v) is 30.0. The molecule has 0 aliphatic heterocycles. The van der Waals surface area contributed by atoms with Crippen molar-refractivity contribution in [2.45, 2.75) is 24.7 Å². The Morgan fingerprint density at radius 1 is 0.377 bits per heavy atom. The predicted molar refractivity (Wildman–Crippen MR) is 222 cm³/mol. The van der Waals surface area contributed by atoms with Crippen LogP contribution in [-0.2, 0) is 10.8 Å². The second-order valence-corrected chi connectivity index (χ2v) is 14.9. The number of hydrogen-bond donors (Lipinski definition) is 0. The van der Waals surface area contributed by atoms with E-state index in [0.29, 0.717) is 0 Å². The van der Waals surface area contributed by atoms with Crippen LogP contribution in [0.2, 0.25) is 0 Å². The van der Waals surface area contributed by atoms with Crippen molar-refractivity contribution < 1.29 is 0 Å². The number of fused-ring (bicyclic) bond motifs is 6. The lowest BCUT2D eigenvalue weighted by Crippen LogP contribution is -2.31. The summed E-state index contributed by atoms with van der Waals surface area (Å²) < 4.78 is 2.43. The third-order valence-corrected chi connectivity index (χ3v) is 11.8. The number of nitrogens with zero attached hydrogens (tertiary/aromatic N) is 1. The molecule has 1 heterocycles. The molecule has 0 fully saturated rings. The summed E-state index contributed by atoms with van der Waals surface area (Å²) in [6.07, 6.45) is 0. The standard InChI is InChI=1S/C52H39N/c1-51(2)47-24-14-12-22-43(47)46-34-40(31-33-48(46)51)52(38-18-8-4-9-19-38,39-28-26-37(27-29-39)36-16-6-3-7-17-36)41-30-32-45-44-23-13-15-25-49(44)53(50(45)35-41)42-20-10-5-11-21-42/h3-35H,1-2H3. The van der Waals surface area contributed by atoms with Gasteiger partial charge in [-0.1, -0.05) is 184 Å². The second kappa shape index (κ2) is 12.1. The summed E-state index contributed by atoms with van der Waals surface area (Å²) in [5, 5.41) is 2.51. The quantitative estimate of drug-likeness (QED) is 0.154. The fourth-order valence-corrected chi connectivity index (χ4v) is 9.24. The minimum atomic E-state index is -0.626. The Balaban J connectivity index is 1.31. The van der Waals surface area contributed by atoms with Crippen LogP contribution in [0.5, 0.6) is 0 Å². The number of hydrogen-bond acceptors (Lipinski definition) is 0. The van der Waals surface area contributed by atoms with E-state index < -0.39 is 5.41 Å². The number of aromatic nitrogens is 1. The minimum Gasteiger partial charge on any atom is -0.309 e. The molecule has 252 valence electrons. The molecule has 0 saturated carbocycles. The molecule has 0 radical (unpaired) electrons.